The predicted octanol–water partition coefficient (Wildman–Crippen LogP) is 2.99. The molecular formula is C20H21FN4O. The average Bonchev–Trinajstić information content (AvgIpc) is 3.25. The van der Waals surface area contributed by atoms with Crippen LogP contribution in [0.5, 0.6) is 0 Å². The van der Waals surface area contributed by atoms with Crippen molar-refractivity contribution in [1.29, 1.82) is 0 Å². The van der Waals surface area contributed by atoms with Crippen molar-refractivity contribution < 1.29 is 9.50 Å². The molecule has 0 amide bonds. The van der Waals surface area contributed by atoms with E-state index in [1.54, 1.807) is 6.07 Å². The van der Waals surface area contributed by atoms with Gasteiger partial charge in [0.2, 0.25) is 0 Å². The molecule has 1 N–H and O–H groups in total. The number of hydrogen-bond donors (Lipinski definition) is 1. The minimum absolute atomic E-state index is 0.269. The molecule has 2 aromatic heterocycles. The smallest absolute Gasteiger partial charge is 0.158 e. The molecule has 0 bridgehead atoms. The van der Waals surface area contributed by atoms with Crippen LogP contribution in [0.3, 0.4) is 0 Å². The van der Waals surface area contributed by atoms with Gasteiger partial charge in [-0.25, -0.2) is 9.37 Å². The van der Waals surface area contributed by atoms with E-state index < -0.39 is 0 Å². The van der Waals surface area contributed by atoms with E-state index in [4.69, 9.17) is 10.1 Å². The van der Waals surface area contributed by atoms with Crippen molar-refractivity contribution in [2.24, 2.45) is 0 Å². The lowest BCUT2D eigenvalue weighted by atomic mass is 10.1. The number of aliphatic hydroxyl groups is 1. The predicted molar refractivity (Wildman–Crippen MR) is 97.9 cm³/mol. The number of β-amino-alcohol motifs (C(OH)–C–C–N with tert-alkyl or cyclic N) is 1. The third-order valence-corrected chi connectivity index (χ3v) is 5.42. The molecule has 0 saturated carbocycles. The number of anilines is 1. The SMILES string of the molecule is OC1CCCN(c2c3c(nc4cc(-c5cccc(F)c5)nn24)CCC3)C1. The van der Waals surface area contributed by atoms with Crippen LogP contribution in [0.2, 0.25) is 0 Å². The van der Waals surface area contributed by atoms with Crippen molar-refractivity contribution >= 4 is 11.5 Å². The van der Waals surface area contributed by atoms with Crippen LogP contribution in [0.15, 0.2) is 30.3 Å². The van der Waals surface area contributed by atoms with E-state index in [0.29, 0.717) is 6.54 Å². The van der Waals surface area contributed by atoms with E-state index in [2.05, 4.69) is 4.90 Å². The molecule has 0 radical (unpaired) electrons. The van der Waals surface area contributed by atoms with Crippen molar-refractivity contribution in [3.63, 3.8) is 0 Å². The number of fused-ring (bicyclic) bond motifs is 2. The van der Waals surface area contributed by atoms with Crippen LogP contribution in [0.1, 0.15) is 30.5 Å². The molecule has 5 rings (SSSR count). The molecule has 1 saturated heterocycles. The number of aryl methyl sites for hydroxylation is 1. The number of hydrogen-bond acceptors (Lipinski definition) is 4. The van der Waals surface area contributed by atoms with Crippen LogP contribution in [0.25, 0.3) is 16.9 Å². The van der Waals surface area contributed by atoms with Crippen molar-refractivity contribution in [3.8, 4) is 11.3 Å². The lowest BCUT2D eigenvalue weighted by Gasteiger charge is -2.33. The van der Waals surface area contributed by atoms with E-state index in [1.807, 2.05) is 16.6 Å². The second kappa shape index (κ2) is 6.06. The summed E-state index contributed by atoms with van der Waals surface area (Å²) in [6, 6.07) is 8.43. The summed E-state index contributed by atoms with van der Waals surface area (Å²) in [6.45, 7) is 1.54. The highest BCUT2D eigenvalue weighted by atomic mass is 19.1. The molecule has 3 aromatic rings. The quantitative estimate of drug-likeness (QED) is 0.770. The van der Waals surface area contributed by atoms with Gasteiger partial charge in [0, 0.05) is 36.0 Å². The van der Waals surface area contributed by atoms with Crippen molar-refractivity contribution in [2.45, 2.75) is 38.2 Å². The van der Waals surface area contributed by atoms with E-state index in [-0.39, 0.29) is 11.9 Å². The van der Waals surface area contributed by atoms with Gasteiger partial charge in [-0.2, -0.15) is 9.61 Å². The summed E-state index contributed by atoms with van der Waals surface area (Å²) in [5.74, 6) is 0.790. The van der Waals surface area contributed by atoms with Crippen LogP contribution in [0, 0.1) is 5.82 Å². The summed E-state index contributed by atoms with van der Waals surface area (Å²) in [6.07, 6.45) is 4.60. The first-order valence-electron chi connectivity index (χ1n) is 9.29. The average molecular weight is 352 g/mol. The monoisotopic (exact) mass is 352 g/mol. The number of halogens is 1. The molecule has 1 fully saturated rings. The molecule has 3 heterocycles. The van der Waals surface area contributed by atoms with Gasteiger partial charge in [0.05, 0.1) is 11.8 Å². The summed E-state index contributed by atoms with van der Waals surface area (Å²) in [7, 11) is 0. The number of aromatic nitrogens is 3. The Kier molecular flexibility index (Phi) is 3.67. The minimum atomic E-state index is -0.303. The highest BCUT2D eigenvalue weighted by Gasteiger charge is 2.28. The molecule has 1 aliphatic carbocycles. The Labute approximate surface area is 151 Å². The molecule has 134 valence electrons. The Morgan fingerprint density at radius 3 is 2.92 bits per heavy atom. The number of benzene rings is 1. The van der Waals surface area contributed by atoms with E-state index in [0.717, 1.165) is 67.1 Å². The maximum Gasteiger partial charge on any atom is 0.158 e. The molecular weight excluding hydrogens is 331 g/mol. The highest BCUT2D eigenvalue weighted by Crippen LogP contribution is 2.34. The summed E-state index contributed by atoms with van der Waals surface area (Å²) >= 11 is 0. The number of rotatable bonds is 2. The Bertz CT molecular complexity index is 983. The van der Waals surface area contributed by atoms with Crippen LogP contribution in [0.4, 0.5) is 10.2 Å². The fourth-order valence-electron chi connectivity index (χ4n) is 4.23. The zero-order valence-corrected chi connectivity index (χ0v) is 14.5. The normalized spacial score (nSPS) is 19.9. The molecule has 0 spiro atoms. The first kappa shape index (κ1) is 15.8. The standard InChI is InChI=1S/C20H21FN4O/c21-14-5-1-4-13(10-14)18-11-19-22-17-8-2-7-16(17)20(25(19)23-18)24-9-3-6-15(26)12-24/h1,4-5,10-11,15,26H,2-3,6-9,12H2. The van der Waals surface area contributed by atoms with Crippen LogP contribution in [-0.2, 0) is 12.8 Å². The Hall–Kier alpha value is -2.47. The van der Waals surface area contributed by atoms with Gasteiger partial charge < -0.3 is 10.0 Å². The zero-order valence-electron chi connectivity index (χ0n) is 14.5. The lowest BCUT2D eigenvalue weighted by molar-refractivity contribution is 0.153. The topological polar surface area (TPSA) is 53.7 Å². The first-order chi connectivity index (χ1) is 12.7. The summed E-state index contributed by atoms with van der Waals surface area (Å²) in [4.78, 5) is 7.06. The van der Waals surface area contributed by atoms with Crippen LogP contribution >= 0.6 is 0 Å². The van der Waals surface area contributed by atoms with E-state index in [1.165, 1.54) is 17.7 Å². The summed E-state index contributed by atoms with van der Waals surface area (Å²) < 4.78 is 15.5. The van der Waals surface area contributed by atoms with Gasteiger partial charge in [0.25, 0.3) is 0 Å². The third kappa shape index (κ3) is 2.56. The number of nitrogens with zero attached hydrogens (tertiary/aromatic N) is 4. The van der Waals surface area contributed by atoms with Gasteiger partial charge in [0.1, 0.15) is 11.6 Å². The largest absolute Gasteiger partial charge is 0.391 e. The van der Waals surface area contributed by atoms with Crippen LogP contribution < -0.4 is 4.90 Å². The molecule has 1 aromatic carbocycles. The molecule has 1 atom stereocenters. The minimum Gasteiger partial charge on any atom is -0.391 e. The van der Waals surface area contributed by atoms with E-state index >= 15 is 0 Å². The molecule has 1 unspecified atom stereocenters. The fourth-order valence-corrected chi connectivity index (χ4v) is 4.23. The number of piperidine rings is 1. The summed E-state index contributed by atoms with van der Waals surface area (Å²) in [5, 5.41) is 14.9. The summed E-state index contributed by atoms with van der Waals surface area (Å²) in [5.41, 5.74) is 4.65. The van der Waals surface area contributed by atoms with Crippen molar-refractivity contribution in [1.82, 2.24) is 14.6 Å². The Balaban J connectivity index is 1.69. The first-order valence-corrected chi connectivity index (χ1v) is 9.29. The lowest BCUT2D eigenvalue weighted by Crippen LogP contribution is -2.40. The zero-order chi connectivity index (χ0) is 17.7. The van der Waals surface area contributed by atoms with E-state index in [9.17, 15) is 9.50 Å². The van der Waals surface area contributed by atoms with Gasteiger partial charge in [-0.3, -0.25) is 0 Å². The van der Waals surface area contributed by atoms with Crippen LogP contribution in [-0.4, -0.2) is 38.9 Å². The maximum absolute atomic E-state index is 13.6. The molecule has 2 aliphatic rings. The molecule has 6 heteroatoms. The highest BCUT2D eigenvalue weighted by molar-refractivity contribution is 5.67. The molecule has 5 nitrogen and oxygen atoms in total. The second-order valence-electron chi connectivity index (χ2n) is 7.27. The van der Waals surface area contributed by atoms with Gasteiger partial charge in [-0.1, -0.05) is 12.1 Å². The number of aliphatic hydroxyl groups excluding tert-OH is 1. The van der Waals surface area contributed by atoms with Gasteiger partial charge in [-0.05, 0) is 44.2 Å². The Morgan fingerprint density at radius 2 is 2.08 bits per heavy atom. The van der Waals surface area contributed by atoms with Crippen molar-refractivity contribution in [2.75, 3.05) is 18.0 Å². The van der Waals surface area contributed by atoms with Gasteiger partial charge in [0.15, 0.2) is 5.65 Å². The second-order valence-corrected chi connectivity index (χ2v) is 7.27. The van der Waals surface area contributed by atoms with Gasteiger partial charge >= 0.3 is 0 Å². The fraction of sp³-hybridized carbons (Fsp3) is 0.400. The van der Waals surface area contributed by atoms with Gasteiger partial charge in [-0.15, -0.1) is 0 Å². The third-order valence-electron chi connectivity index (χ3n) is 5.42. The molecule has 26 heavy (non-hydrogen) atoms. The Morgan fingerprint density at radius 1 is 1.15 bits per heavy atom. The maximum atomic E-state index is 13.6. The molecule has 1 aliphatic heterocycles. The van der Waals surface area contributed by atoms with Crippen molar-refractivity contribution in [3.05, 3.63) is 47.4 Å².